The van der Waals surface area contributed by atoms with Gasteiger partial charge in [0.05, 0.1) is 11.2 Å². The number of hydrogen-bond acceptors (Lipinski definition) is 3. The average Bonchev–Trinajstić information content (AvgIpc) is 2.91. The molecule has 0 saturated heterocycles. The second-order valence-corrected chi connectivity index (χ2v) is 4.61. The Morgan fingerprint density at radius 3 is 2.57 bits per heavy atom. The molecule has 1 aliphatic heterocycles. The Labute approximate surface area is 143 Å². The molecule has 0 amide bonds. The molecule has 2 heterocycles. The normalized spacial score (nSPS) is 12.2. The van der Waals surface area contributed by atoms with Crippen molar-refractivity contribution in [1.82, 2.24) is 4.98 Å². The first-order chi connectivity index (χ1) is 9.79. The van der Waals surface area contributed by atoms with Crippen LogP contribution in [0.5, 0.6) is 11.5 Å². The summed E-state index contributed by atoms with van der Waals surface area (Å²) in [6.07, 6.45) is 0. The van der Waals surface area contributed by atoms with E-state index >= 15 is 0 Å². The number of benzene rings is 2. The summed E-state index contributed by atoms with van der Waals surface area (Å²) in [4.78, 5) is 4.56. The predicted molar refractivity (Wildman–Crippen MR) is 79.0 cm³/mol. The van der Waals surface area contributed by atoms with Crippen LogP contribution in [0.2, 0.25) is 0 Å². The molecule has 0 spiro atoms. The Morgan fingerprint density at radius 2 is 1.76 bits per heavy atom. The van der Waals surface area contributed by atoms with E-state index in [1.165, 1.54) is 12.1 Å². The fraction of sp³-hybridized carbons (Fsp3) is 0.0625. The first kappa shape index (κ1) is 14.3. The largest absolute Gasteiger partial charge is 0.454 e. The maximum absolute atomic E-state index is 13.3. The van der Waals surface area contributed by atoms with E-state index in [1.54, 1.807) is 6.07 Å². The van der Waals surface area contributed by atoms with Crippen molar-refractivity contribution in [3.05, 3.63) is 54.3 Å². The van der Waals surface area contributed by atoms with Crippen LogP contribution in [-0.4, -0.2) is 41.3 Å². The molecule has 5 heteroatoms. The molecular weight excluding hydrogens is 280 g/mol. The van der Waals surface area contributed by atoms with Crippen molar-refractivity contribution < 1.29 is 13.9 Å². The fourth-order valence-electron chi connectivity index (χ4n) is 2.32. The molecule has 0 saturated carbocycles. The maximum Gasteiger partial charge on any atom is 0.231 e. The number of aromatic nitrogens is 1. The first-order valence-corrected chi connectivity index (χ1v) is 6.26. The van der Waals surface area contributed by atoms with Gasteiger partial charge in [-0.1, -0.05) is 18.2 Å². The van der Waals surface area contributed by atoms with Crippen LogP contribution < -0.4 is 9.47 Å². The number of fused-ring (bicyclic) bond motifs is 2. The molecule has 0 N–H and O–H groups in total. The zero-order valence-electron chi connectivity index (χ0n) is 11.5. The smallest absolute Gasteiger partial charge is 0.231 e. The van der Waals surface area contributed by atoms with Gasteiger partial charge in [0.1, 0.15) is 5.82 Å². The number of nitrogens with zero attached hydrogens (tertiary/aromatic N) is 1. The Bertz CT molecular complexity index is 822. The Morgan fingerprint density at radius 1 is 0.952 bits per heavy atom. The zero-order valence-corrected chi connectivity index (χ0v) is 13.5. The first-order valence-electron chi connectivity index (χ1n) is 6.26. The molecule has 1 radical (unpaired) electrons. The molecule has 0 unspecified atom stereocenters. The minimum absolute atomic E-state index is 0. The van der Waals surface area contributed by atoms with Crippen molar-refractivity contribution in [2.24, 2.45) is 0 Å². The van der Waals surface area contributed by atoms with Crippen molar-refractivity contribution in [2.45, 2.75) is 0 Å². The van der Waals surface area contributed by atoms with Crippen molar-refractivity contribution >= 4 is 40.5 Å². The molecule has 3 aromatic rings. The summed E-state index contributed by atoms with van der Waals surface area (Å²) in [7, 11) is 0. The van der Waals surface area contributed by atoms with E-state index in [9.17, 15) is 4.39 Å². The number of ether oxygens (including phenoxy) is 2. The number of hydrogen-bond donors (Lipinski definition) is 0. The number of rotatable bonds is 1. The molecule has 0 bridgehead atoms. The van der Waals surface area contributed by atoms with E-state index < -0.39 is 0 Å². The van der Waals surface area contributed by atoms with Gasteiger partial charge in [0.25, 0.3) is 0 Å². The van der Waals surface area contributed by atoms with Gasteiger partial charge >= 0.3 is 0 Å². The number of halogens is 1. The van der Waals surface area contributed by atoms with E-state index in [-0.39, 0.29) is 42.2 Å². The van der Waals surface area contributed by atoms with Crippen LogP contribution in [0.1, 0.15) is 0 Å². The van der Waals surface area contributed by atoms with Gasteiger partial charge in [-0.05, 0) is 24.3 Å². The third-order valence-corrected chi connectivity index (χ3v) is 3.30. The van der Waals surface area contributed by atoms with Crippen molar-refractivity contribution in [3.8, 4) is 22.8 Å². The van der Waals surface area contributed by atoms with Crippen LogP contribution in [0.3, 0.4) is 0 Å². The summed E-state index contributed by atoms with van der Waals surface area (Å²) >= 11 is 0. The van der Waals surface area contributed by atoms with Gasteiger partial charge in [0.15, 0.2) is 11.5 Å². The Balaban J connectivity index is 0.00000132. The molecule has 1 aliphatic rings. The zero-order chi connectivity index (χ0) is 13.5. The second kappa shape index (κ2) is 5.64. The third kappa shape index (κ3) is 2.62. The summed E-state index contributed by atoms with van der Waals surface area (Å²) in [5.41, 5.74) is 2.29. The van der Waals surface area contributed by atoms with Gasteiger partial charge in [-0.25, -0.2) is 9.37 Å². The Hall–Kier alpha value is -1.62. The van der Waals surface area contributed by atoms with Crippen molar-refractivity contribution in [1.29, 1.82) is 0 Å². The average molecular weight is 290 g/mol. The molecule has 99 valence electrons. The summed E-state index contributed by atoms with van der Waals surface area (Å²) in [5.74, 6) is 1.16. The molecule has 0 aliphatic carbocycles. The summed E-state index contributed by atoms with van der Waals surface area (Å²) in [5, 5.41) is 0.967. The molecule has 4 rings (SSSR count). The quantitative estimate of drug-likeness (QED) is 0.644. The molecule has 21 heavy (non-hydrogen) atoms. The van der Waals surface area contributed by atoms with E-state index in [4.69, 9.17) is 9.47 Å². The van der Waals surface area contributed by atoms with Gasteiger partial charge in [-0.2, -0.15) is 0 Å². The maximum atomic E-state index is 13.3. The van der Waals surface area contributed by atoms with Gasteiger partial charge in [0, 0.05) is 46.6 Å². The minimum atomic E-state index is -0.268. The third-order valence-electron chi connectivity index (χ3n) is 3.30. The van der Waals surface area contributed by atoms with Crippen LogP contribution in [0.15, 0.2) is 48.5 Å². The van der Waals surface area contributed by atoms with E-state index in [2.05, 4.69) is 4.98 Å². The SMILES string of the molecule is Fc1cccc(-c2ccc3cc4c(cc3n2)OCO4)c1.[Na]. The predicted octanol–water partition coefficient (Wildman–Crippen LogP) is 3.39. The van der Waals surface area contributed by atoms with Crippen LogP contribution in [0.25, 0.3) is 22.2 Å². The summed E-state index contributed by atoms with van der Waals surface area (Å²) in [6.45, 7) is 0.239. The monoisotopic (exact) mass is 290 g/mol. The second-order valence-electron chi connectivity index (χ2n) is 4.61. The van der Waals surface area contributed by atoms with Crippen LogP contribution in [0, 0.1) is 5.82 Å². The summed E-state index contributed by atoms with van der Waals surface area (Å²) < 4.78 is 24.0. The molecule has 2 aromatic carbocycles. The Kier molecular flexibility index (Phi) is 3.85. The molecule has 3 nitrogen and oxygen atoms in total. The van der Waals surface area contributed by atoms with E-state index in [0.29, 0.717) is 5.75 Å². The van der Waals surface area contributed by atoms with Crippen LogP contribution >= 0.6 is 0 Å². The fourth-order valence-corrected chi connectivity index (χ4v) is 2.32. The van der Waals surface area contributed by atoms with Gasteiger partial charge in [-0.3, -0.25) is 0 Å². The number of pyridine rings is 1. The van der Waals surface area contributed by atoms with Gasteiger partial charge < -0.3 is 9.47 Å². The molecule has 1 aromatic heterocycles. The van der Waals surface area contributed by atoms with Crippen molar-refractivity contribution in [3.63, 3.8) is 0 Å². The summed E-state index contributed by atoms with van der Waals surface area (Å²) in [6, 6.07) is 14.0. The van der Waals surface area contributed by atoms with Crippen molar-refractivity contribution in [2.75, 3.05) is 6.79 Å². The minimum Gasteiger partial charge on any atom is -0.454 e. The van der Waals surface area contributed by atoms with Gasteiger partial charge in [-0.15, -0.1) is 0 Å². The van der Waals surface area contributed by atoms with Gasteiger partial charge in [0.2, 0.25) is 6.79 Å². The van der Waals surface area contributed by atoms with E-state index in [0.717, 1.165) is 27.9 Å². The van der Waals surface area contributed by atoms with Crippen LogP contribution in [-0.2, 0) is 0 Å². The molecule has 0 atom stereocenters. The molecule has 0 fully saturated rings. The van der Waals surface area contributed by atoms with Crippen LogP contribution in [0.4, 0.5) is 4.39 Å². The standard InChI is InChI=1S/C16H10FNO2.Na/c17-12-3-1-2-10(6-12)13-5-4-11-7-15-16(20-9-19-15)8-14(11)18-13;/h1-8H,9H2;. The molecular formula is C16H10FNNaO2. The topological polar surface area (TPSA) is 31.4 Å². The van der Waals surface area contributed by atoms with E-state index in [1.807, 2.05) is 30.3 Å².